The molecule has 30 heavy (non-hydrogen) atoms. The fraction of sp³-hybridized carbons (Fsp3) is 0.875. The maximum absolute atomic E-state index is 13.5. The van der Waals surface area contributed by atoms with Crippen LogP contribution in [0.15, 0.2) is 0 Å². The Labute approximate surface area is 180 Å². The molecule has 0 unspecified atom stereocenters. The highest BCUT2D eigenvalue weighted by molar-refractivity contribution is 5.90. The number of hydrogen-bond acceptors (Lipinski definition) is 3. The fourth-order valence-corrected chi connectivity index (χ4v) is 7.12. The van der Waals surface area contributed by atoms with Crippen molar-refractivity contribution in [1.29, 1.82) is 0 Å². The molecule has 6 nitrogen and oxygen atoms in total. The van der Waals surface area contributed by atoms with E-state index in [1.165, 1.54) is 19.3 Å². The molecule has 4 saturated carbocycles. The minimum absolute atomic E-state index is 0.0569. The molecule has 5 fully saturated rings. The molecule has 4 aliphatic carbocycles. The van der Waals surface area contributed by atoms with Gasteiger partial charge >= 0.3 is 0 Å². The molecule has 0 radical (unpaired) electrons. The lowest BCUT2D eigenvalue weighted by atomic mass is 9.49. The normalized spacial score (nSPS) is 34.1. The van der Waals surface area contributed by atoms with E-state index < -0.39 is 6.04 Å². The first-order valence-electron chi connectivity index (χ1n) is 12.1. The van der Waals surface area contributed by atoms with Gasteiger partial charge in [0.15, 0.2) is 0 Å². The molecule has 0 spiro atoms. The maximum atomic E-state index is 13.5. The largest absolute Gasteiger partial charge is 0.359 e. The first kappa shape index (κ1) is 21.6. The van der Waals surface area contributed by atoms with E-state index >= 15 is 0 Å². The van der Waals surface area contributed by atoms with Crippen LogP contribution < -0.4 is 10.6 Å². The van der Waals surface area contributed by atoms with Crippen molar-refractivity contribution in [2.75, 3.05) is 20.1 Å². The third-order valence-electron chi connectivity index (χ3n) is 8.42. The number of piperidine rings is 1. The number of rotatable bonds is 6. The Balaban J connectivity index is 1.37. The van der Waals surface area contributed by atoms with Gasteiger partial charge in [0.25, 0.3) is 0 Å². The van der Waals surface area contributed by atoms with Crippen LogP contribution in [0.1, 0.15) is 71.6 Å². The van der Waals surface area contributed by atoms with Crippen molar-refractivity contribution in [3.8, 4) is 0 Å². The van der Waals surface area contributed by atoms with E-state index in [4.69, 9.17) is 0 Å². The molecule has 5 rings (SSSR count). The lowest BCUT2D eigenvalue weighted by molar-refractivity contribution is -0.151. The smallest absolute Gasteiger partial charge is 0.245 e. The zero-order valence-corrected chi connectivity index (χ0v) is 18.9. The number of likely N-dealkylation sites (tertiary alicyclic amines) is 1. The molecule has 3 amide bonds. The van der Waals surface area contributed by atoms with E-state index in [1.807, 2.05) is 18.7 Å². The van der Waals surface area contributed by atoms with Gasteiger partial charge in [0.1, 0.15) is 6.04 Å². The van der Waals surface area contributed by atoms with Crippen molar-refractivity contribution in [3.05, 3.63) is 0 Å². The minimum Gasteiger partial charge on any atom is -0.359 e. The summed E-state index contributed by atoms with van der Waals surface area (Å²) in [5.74, 6) is 2.83. The van der Waals surface area contributed by atoms with E-state index in [0.29, 0.717) is 25.4 Å². The molecule has 0 aromatic heterocycles. The zero-order valence-electron chi connectivity index (χ0n) is 18.9. The van der Waals surface area contributed by atoms with Crippen LogP contribution >= 0.6 is 0 Å². The second-order valence-electron chi connectivity index (χ2n) is 11.0. The van der Waals surface area contributed by atoms with Crippen LogP contribution in [0, 0.1) is 35.0 Å². The minimum atomic E-state index is -0.444. The quantitative estimate of drug-likeness (QED) is 0.697. The lowest BCUT2D eigenvalue weighted by Crippen LogP contribution is -2.59. The SMILES string of the molecule is CNC(=O)CC1CCN(C(=O)[C@H](NC(=O)C23CC4CC(CC(C4)C2)C3)C(C)C)CC1. The number of nitrogens with one attached hydrogen (secondary N) is 2. The van der Waals surface area contributed by atoms with Crippen LogP contribution in [-0.2, 0) is 14.4 Å². The molecule has 5 aliphatic rings. The Morgan fingerprint density at radius 3 is 1.97 bits per heavy atom. The van der Waals surface area contributed by atoms with Gasteiger partial charge in [-0.2, -0.15) is 0 Å². The molecule has 1 atom stereocenters. The van der Waals surface area contributed by atoms with Crippen molar-refractivity contribution in [2.24, 2.45) is 35.0 Å². The van der Waals surface area contributed by atoms with Crippen LogP contribution in [0.3, 0.4) is 0 Å². The molecule has 4 bridgehead atoms. The number of carbonyl (C=O) groups excluding carboxylic acids is 3. The molecule has 1 heterocycles. The van der Waals surface area contributed by atoms with Gasteiger partial charge in [-0.15, -0.1) is 0 Å². The summed E-state index contributed by atoms with van der Waals surface area (Å²) >= 11 is 0. The Hall–Kier alpha value is -1.59. The first-order valence-corrected chi connectivity index (χ1v) is 12.1. The van der Waals surface area contributed by atoms with Crippen LogP contribution in [-0.4, -0.2) is 48.8 Å². The second-order valence-corrected chi connectivity index (χ2v) is 11.0. The van der Waals surface area contributed by atoms with Crippen molar-refractivity contribution in [2.45, 2.75) is 77.7 Å². The third kappa shape index (κ3) is 4.24. The third-order valence-corrected chi connectivity index (χ3v) is 8.42. The standard InChI is InChI=1S/C24H39N3O3/c1-15(2)21(22(29)27-6-4-16(5-7-27)11-20(28)25-3)26-23(30)24-12-17-8-18(13-24)10-19(9-17)14-24/h15-19,21H,4-14H2,1-3H3,(H,25,28)(H,26,30)/t17?,18?,19?,21-,24?/m1/s1. The molecule has 0 aromatic rings. The summed E-state index contributed by atoms with van der Waals surface area (Å²) in [6, 6.07) is -0.444. The number of amides is 3. The van der Waals surface area contributed by atoms with Crippen LogP contribution in [0.2, 0.25) is 0 Å². The molecular formula is C24H39N3O3. The van der Waals surface area contributed by atoms with Crippen molar-refractivity contribution >= 4 is 17.7 Å². The second kappa shape index (κ2) is 8.51. The number of hydrogen-bond donors (Lipinski definition) is 2. The van der Waals surface area contributed by atoms with Gasteiger partial charge in [-0.3, -0.25) is 14.4 Å². The summed E-state index contributed by atoms with van der Waals surface area (Å²) in [6.07, 6.45) is 9.24. The van der Waals surface area contributed by atoms with Gasteiger partial charge in [-0.1, -0.05) is 13.8 Å². The Kier molecular flexibility index (Phi) is 6.13. The molecule has 1 aliphatic heterocycles. The van der Waals surface area contributed by atoms with E-state index in [0.717, 1.165) is 49.9 Å². The highest BCUT2D eigenvalue weighted by atomic mass is 16.2. The van der Waals surface area contributed by atoms with E-state index in [9.17, 15) is 14.4 Å². The van der Waals surface area contributed by atoms with Gasteiger partial charge in [0, 0.05) is 32.0 Å². The van der Waals surface area contributed by atoms with Gasteiger partial charge in [0.05, 0.1) is 0 Å². The van der Waals surface area contributed by atoms with E-state index in [1.54, 1.807) is 7.05 Å². The average Bonchev–Trinajstić information content (AvgIpc) is 2.70. The van der Waals surface area contributed by atoms with Crippen LogP contribution in [0.25, 0.3) is 0 Å². The fourth-order valence-electron chi connectivity index (χ4n) is 7.12. The van der Waals surface area contributed by atoms with Gasteiger partial charge in [-0.25, -0.2) is 0 Å². The van der Waals surface area contributed by atoms with Gasteiger partial charge < -0.3 is 15.5 Å². The maximum Gasteiger partial charge on any atom is 0.245 e. The van der Waals surface area contributed by atoms with E-state index in [2.05, 4.69) is 10.6 Å². The molecule has 1 saturated heterocycles. The summed E-state index contributed by atoms with van der Waals surface area (Å²) in [5.41, 5.74) is -0.220. The number of carbonyl (C=O) groups is 3. The predicted octanol–water partition coefficient (Wildman–Crippen LogP) is 2.72. The van der Waals surface area contributed by atoms with Crippen molar-refractivity contribution in [1.82, 2.24) is 15.5 Å². The Morgan fingerprint density at radius 1 is 0.967 bits per heavy atom. The summed E-state index contributed by atoms with van der Waals surface area (Å²) in [4.78, 5) is 40.3. The van der Waals surface area contributed by atoms with Crippen molar-refractivity contribution in [3.63, 3.8) is 0 Å². The van der Waals surface area contributed by atoms with Gasteiger partial charge in [-0.05, 0) is 81.0 Å². The molecular weight excluding hydrogens is 378 g/mol. The number of nitrogens with zero attached hydrogens (tertiary/aromatic N) is 1. The summed E-state index contributed by atoms with van der Waals surface area (Å²) in [6.45, 7) is 5.41. The Bertz CT molecular complexity index is 646. The lowest BCUT2D eigenvalue weighted by Gasteiger charge is -2.56. The average molecular weight is 418 g/mol. The highest BCUT2D eigenvalue weighted by Gasteiger charge is 2.55. The molecule has 2 N–H and O–H groups in total. The van der Waals surface area contributed by atoms with Gasteiger partial charge in [0.2, 0.25) is 17.7 Å². The molecule has 168 valence electrons. The first-order chi connectivity index (χ1) is 14.3. The summed E-state index contributed by atoms with van der Waals surface area (Å²) in [5, 5.41) is 5.92. The van der Waals surface area contributed by atoms with Crippen molar-refractivity contribution < 1.29 is 14.4 Å². The highest BCUT2D eigenvalue weighted by Crippen LogP contribution is 2.60. The van der Waals surface area contributed by atoms with Crippen LogP contribution in [0.4, 0.5) is 0 Å². The summed E-state index contributed by atoms with van der Waals surface area (Å²) in [7, 11) is 1.67. The Morgan fingerprint density at radius 2 is 1.50 bits per heavy atom. The van der Waals surface area contributed by atoms with Crippen LogP contribution in [0.5, 0.6) is 0 Å². The zero-order chi connectivity index (χ0) is 21.5. The monoisotopic (exact) mass is 417 g/mol. The molecule has 6 heteroatoms. The predicted molar refractivity (Wildman–Crippen MR) is 115 cm³/mol. The summed E-state index contributed by atoms with van der Waals surface area (Å²) < 4.78 is 0. The molecule has 0 aromatic carbocycles. The van der Waals surface area contributed by atoms with E-state index in [-0.39, 0.29) is 29.1 Å². The topological polar surface area (TPSA) is 78.5 Å².